The molecule has 1 aromatic rings. The molecular weight excluding hydrogens is 288 g/mol. The van der Waals surface area contributed by atoms with Crippen molar-refractivity contribution in [1.29, 1.82) is 0 Å². The Hall–Kier alpha value is -1.40. The van der Waals surface area contributed by atoms with Crippen LogP contribution in [0.1, 0.15) is 18.4 Å². The molecule has 2 N–H and O–H groups in total. The van der Waals surface area contributed by atoms with Crippen molar-refractivity contribution in [3.8, 4) is 0 Å². The smallest absolute Gasteiger partial charge is 0.233 e. The van der Waals surface area contributed by atoms with Gasteiger partial charge in [0.05, 0.1) is 18.1 Å². The zero-order chi connectivity index (χ0) is 15.1. The van der Waals surface area contributed by atoms with Crippen LogP contribution in [0.2, 0.25) is 0 Å². The summed E-state index contributed by atoms with van der Waals surface area (Å²) in [6.45, 7) is 0.823. The summed E-state index contributed by atoms with van der Waals surface area (Å²) >= 11 is 0. The van der Waals surface area contributed by atoms with Crippen molar-refractivity contribution in [1.82, 2.24) is 10.6 Å². The normalized spacial score (nSPS) is 20.3. The zero-order valence-electron chi connectivity index (χ0n) is 12.0. The van der Waals surface area contributed by atoms with E-state index >= 15 is 0 Å². The Kier molecular flexibility index (Phi) is 5.76. The molecule has 1 aliphatic rings. The van der Waals surface area contributed by atoms with Crippen molar-refractivity contribution in [3.63, 3.8) is 0 Å². The summed E-state index contributed by atoms with van der Waals surface area (Å²) < 4.78 is 22.6. The molecule has 2 rings (SSSR count). The van der Waals surface area contributed by atoms with E-state index in [2.05, 4.69) is 22.8 Å². The Bertz CT molecular complexity index is 558. The van der Waals surface area contributed by atoms with E-state index in [0.717, 1.165) is 12.8 Å². The Morgan fingerprint density at radius 1 is 1.24 bits per heavy atom. The first-order valence-corrected chi connectivity index (χ1v) is 9.12. The van der Waals surface area contributed by atoms with E-state index in [4.69, 9.17) is 0 Å². The minimum atomic E-state index is -2.89. The van der Waals surface area contributed by atoms with Gasteiger partial charge in [0, 0.05) is 12.6 Å². The molecule has 1 amide bonds. The maximum atomic E-state index is 11.6. The van der Waals surface area contributed by atoms with Crippen molar-refractivity contribution in [2.75, 3.05) is 24.6 Å². The van der Waals surface area contributed by atoms with Gasteiger partial charge in [-0.25, -0.2) is 8.42 Å². The molecule has 1 fully saturated rings. The molecule has 1 saturated heterocycles. The molecule has 0 radical (unpaired) electrons. The molecule has 0 aliphatic carbocycles. The van der Waals surface area contributed by atoms with Crippen molar-refractivity contribution in [2.45, 2.75) is 25.3 Å². The number of benzene rings is 1. The van der Waals surface area contributed by atoms with Gasteiger partial charge in [0.15, 0.2) is 9.84 Å². The van der Waals surface area contributed by atoms with Gasteiger partial charge in [0.1, 0.15) is 0 Å². The fourth-order valence-corrected chi connectivity index (χ4v) is 4.13. The summed E-state index contributed by atoms with van der Waals surface area (Å²) in [6, 6.07) is 10.1. The van der Waals surface area contributed by atoms with Gasteiger partial charge in [-0.3, -0.25) is 4.79 Å². The third-order valence-corrected chi connectivity index (χ3v) is 5.36. The van der Waals surface area contributed by atoms with Crippen LogP contribution in [-0.2, 0) is 21.1 Å². The summed E-state index contributed by atoms with van der Waals surface area (Å²) in [4.78, 5) is 11.6. The third kappa shape index (κ3) is 5.85. The average molecular weight is 310 g/mol. The monoisotopic (exact) mass is 310 g/mol. The largest absolute Gasteiger partial charge is 0.355 e. The number of nitrogens with one attached hydrogen (secondary N) is 2. The molecule has 1 aliphatic heterocycles. The van der Waals surface area contributed by atoms with Crippen LogP contribution in [0.15, 0.2) is 30.3 Å². The molecule has 0 aromatic heterocycles. The highest BCUT2D eigenvalue weighted by atomic mass is 32.2. The number of rotatable bonds is 7. The summed E-state index contributed by atoms with van der Waals surface area (Å²) in [5.74, 6) is 0.296. The van der Waals surface area contributed by atoms with E-state index in [1.165, 1.54) is 5.56 Å². The number of hydrogen-bond donors (Lipinski definition) is 2. The van der Waals surface area contributed by atoms with Crippen LogP contribution in [0.3, 0.4) is 0 Å². The number of amides is 1. The first kappa shape index (κ1) is 16.0. The average Bonchev–Trinajstić information content (AvgIpc) is 2.82. The maximum absolute atomic E-state index is 11.6. The van der Waals surface area contributed by atoms with Crippen LogP contribution in [-0.4, -0.2) is 45.0 Å². The number of hydrogen-bond acceptors (Lipinski definition) is 4. The molecule has 0 spiro atoms. The first-order valence-electron chi connectivity index (χ1n) is 7.29. The van der Waals surface area contributed by atoms with Crippen molar-refractivity contribution >= 4 is 15.7 Å². The maximum Gasteiger partial charge on any atom is 0.233 e. The topological polar surface area (TPSA) is 75.3 Å². The number of sulfone groups is 1. The quantitative estimate of drug-likeness (QED) is 0.720. The molecule has 1 atom stereocenters. The van der Waals surface area contributed by atoms with Crippen molar-refractivity contribution in [3.05, 3.63) is 35.9 Å². The Morgan fingerprint density at radius 2 is 2.00 bits per heavy atom. The molecule has 0 saturated carbocycles. The molecule has 5 nitrogen and oxygen atoms in total. The lowest BCUT2D eigenvalue weighted by Crippen LogP contribution is -2.40. The molecule has 6 heteroatoms. The predicted molar refractivity (Wildman–Crippen MR) is 82.8 cm³/mol. The number of aryl methyl sites for hydroxylation is 1. The minimum absolute atomic E-state index is 0.0765. The summed E-state index contributed by atoms with van der Waals surface area (Å²) in [5.41, 5.74) is 1.26. The van der Waals surface area contributed by atoms with E-state index in [-0.39, 0.29) is 30.0 Å². The Labute approximate surface area is 126 Å². The van der Waals surface area contributed by atoms with Crippen LogP contribution in [0.5, 0.6) is 0 Å². The van der Waals surface area contributed by atoms with Crippen LogP contribution < -0.4 is 10.6 Å². The number of carbonyl (C=O) groups is 1. The molecule has 1 aromatic carbocycles. The molecule has 21 heavy (non-hydrogen) atoms. The lowest BCUT2D eigenvalue weighted by atomic mass is 10.1. The van der Waals surface area contributed by atoms with Crippen LogP contribution in [0.4, 0.5) is 0 Å². The second-order valence-corrected chi connectivity index (χ2v) is 7.65. The van der Waals surface area contributed by atoms with E-state index in [1.807, 2.05) is 18.2 Å². The van der Waals surface area contributed by atoms with Gasteiger partial charge in [0.25, 0.3) is 0 Å². The lowest BCUT2D eigenvalue weighted by molar-refractivity contribution is -0.120. The molecule has 0 bridgehead atoms. The fourth-order valence-electron chi connectivity index (χ4n) is 2.42. The van der Waals surface area contributed by atoms with Gasteiger partial charge in [-0.15, -0.1) is 0 Å². The second kappa shape index (κ2) is 7.56. The zero-order valence-corrected chi connectivity index (χ0v) is 12.9. The third-order valence-electron chi connectivity index (χ3n) is 3.59. The lowest BCUT2D eigenvalue weighted by Gasteiger charge is -2.10. The fraction of sp³-hybridized carbons (Fsp3) is 0.533. The summed E-state index contributed by atoms with van der Waals surface area (Å²) in [6.07, 6.45) is 2.44. The van der Waals surface area contributed by atoms with Gasteiger partial charge in [-0.2, -0.15) is 0 Å². The molecule has 1 heterocycles. The van der Waals surface area contributed by atoms with Crippen LogP contribution in [0.25, 0.3) is 0 Å². The van der Waals surface area contributed by atoms with Crippen molar-refractivity contribution in [2.24, 2.45) is 0 Å². The Morgan fingerprint density at radius 3 is 2.67 bits per heavy atom. The minimum Gasteiger partial charge on any atom is -0.355 e. The van der Waals surface area contributed by atoms with Gasteiger partial charge in [-0.1, -0.05) is 30.3 Å². The Balaban J connectivity index is 1.56. The van der Waals surface area contributed by atoms with Gasteiger partial charge < -0.3 is 10.6 Å². The summed E-state index contributed by atoms with van der Waals surface area (Å²) in [7, 11) is -2.89. The highest BCUT2D eigenvalue weighted by Crippen LogP contribution is 2.10. The number of carbonyl (C=O) groups excluding carboxylic acids is 1. The molecular formula is C15H22N2O3S. The van der Waals surface area contributed by atoms with E-state index in [1.54, 1.807) is 0 Å². The summed E-state index contributed by atoms with van der Waals surface area (Å²) in [5, 5.41) is 5.85. The highest BCUT2D eigenvalue weighted by molar-refractivity contribution is 7.91. The first-order chi connectivity index (χ1) is 10.1. The highest BCUT2D eigenvalue weighted by Gasteiger charge is 2.27. The van der Waals surface area contributed by atoms with Gasteiger partial charge in [0.2, 0.25) is 5.91 Å². The molecule has 1 unspecified atom stereocenters. The van der Waals surface area contributed by atoms with Crippen LogP contribution in [0, 0.1) is 0 Å². The molecule has 116 valence electrons. The van der Waals surface area contributed by atoms with Gasteiger partial charge >= 0.3 is 0 Å². The SMILES string of the molecule is O=C(CNC1CCS(=O)(=O)C1)NCCCc1ccccc1. The van der Waals surface area contributed by atoms with E-state index in [0.29, 0.717) is 13.0 Å². The predicted octanol–water partition coefficient (Wildman–Crippen LogP) is 0.512. The van der Waals surface area contributed by atoms with E-state index < -0.39 is 9.84 Å². The van der Waals surface area contributed by atoms with Crippen molar-refractivity contribution < 1.29 is 13.2 Å². The second-order valence-electron chi connectivity index (χ2n) is 5.42. The van der Waals surface area contributed by atoms with E-state index in [9.17, 15) is 13.2 Å². The standard InChI is InChI=1S/C15H22N2O3S/c18-15(11-17-14-8-10-21(19,20)12-14)16-9-4-7-13-5-2-1-3-6-13/h1-3,5-6,14,17H,4,7-12H2,(H,16,18). The van der Waals surface area contributed by atoms with Crippen LogP contribution >= 0.6 is 0 Å². The van der Waals surface area contributed by atoms with Gasteiger partial charge in [-0.05, 0) is 24.8 Å².